The van der Waals surface area contributed by atoms with Crippen LogP contribution < -0.4 is 0 Å². The maximum Gasteiger partial charge on any atom is 0.233 e. The average Bonchev–Trinajstić information content (AvgIpc) is 3.41. The maximum absolute atomic E-state index is 12.8. The number of hydrogen-bond acceptors (Lipinski definition) is 6. The molecule has 1 aliphatic rings. The molecule has 168 valence electrons. The molecule has 3 heterocycles. The van der Waals surface area contributed by atoms with Crippen molar-refractivity contribution in [1.29, 1.82) is 0 Å². The Labute approximate surface area is 200 Å². The van der Waals surface area contributed by atoms with Crippen molar-refractivity contribution in [3.05, 3.63) is 71.7 Å². The summed E-state index contributed by atoms with van der Waals surface area (Å²) in [4.78, 5) is 18.5. The number of rotatable bonds is 8. The SMILES string of the molecule is CN(Cc1ccc(-c2ccc(Cl)cc2)o1)C(=O)CSc1nnc(-c2ccncc2)n1C1CC1. The molecule has 0 saturated heterocycles. The van der Waals surface area contributed by atoms with Gasteiger partial charge in [-0.2, -0.15) is 0 Å². The minimum Gasteiger partial charge on any atom is -0.459 e. The van der Waals surface area contributed by atoms with Crippen LogP contribution in [0.5, 0.6) is 0 Å². The highest BCUT2D eigenvalue weighted by Crippen LogP contribution is 2.41. The van der Waals surface area contributed by atoms with Crippen molar-refractivity contribution in [2.75, 3.05) is 12.8 Å². The van der Waals surface area contributed by atoms with Gasteiger partial charge >= 0.3 is 0 Å². The molecule has 9 heteroatoms. The first-order valence-corrected chi connectivity index (χ1v) is 12.0. The van der Waals surface area contributed by atoms with Crippen LogP contribution in [0, 0.1) is 0 Å². The molecule has 0 aliphatic heterocycles. The zero-order valence-corrected chi connectivity index (χ0v) is 19.6. The van der Waals surface area contributed by atoms with Crippen LogP contribution in [-0.2, 0) is 11.3 Å². The van der Waals surface area contributed by atoms with E-state index in [0.717, 1.165) is 46.5 Å². The summed E-state index contributed by atoms with van der Waals surface area (Å²) in [6.45, 7) is 0.393. The van der Waals surface area contributed by atoms with Gasteiger partial charge in [-0.15, -0.1) is 10.2 Å². The highest BCUT2D eigenvalue weighted by molar-refractivity contribution is 7.99. The first-order valence-electron chi connectivity index (χ1n) is 10.6. The molecule has 0 N–H and O–H groups in total. The Morgan fingerprint density at radius 2 is 1.85 bits per heavy atom. The van der Waals surface area contributed by atoms with Gasteiger partial charge in [0.05, 0.1) is 12.3 Å². The largest absolute Gasteiger partial charge is 0.459 e. The van der Waals surface area contributed by atoms with E-state index >= 15 is 0 Å². The van der Waals surface area contributed by atoms with Gasteiger partial charge in [-0.05, 0) is 61.4 Å². The molecule has 1 fully saturated rings. The van der Waals surface area contributed by atoms with E-state index < -0.39 is 0 Å². The Hall–Kier alpha value is -3.10. The highest BCUT2D eigenvalue weighted by Gasteiger charge is 2.30. The van der Waals surface area contributed by atoms with Gasteiger partial charge in [0.1, 0.15) is 11.5 Å². The summed E-state index contributed by atoms with van der Waals surface area (Å²) in [6, 6.07) is 15.5. The van der Waals surface area contributed by atoms with Crippen molar-refractivity contribution in [3.63, 3.8) is 0 Å². The van der Waals surface area contributed by atoms with Crippen LogP contribution in [0.3, 0.4) is 0 Å². The number of nitrogens with zero attached hydrogens (tertiary/aromatic N) is 5. The second-order valence-electron chi connectivity index (χ2n) is 7.95. The van der Waals surface area contributed by atoms with Gasteiger partial charge in [-0.25, -0.2) is 0 Å². The minimum atomic E-state index is 0.000232. The van der Waals surface area contributed by atoms with Gasteiger partial charge in [0.25, 0.3) is 0 Å². The van der Waals surface area contributed by atoms with Crippen LogP contribution in [0.4, 0.5) is 0 Å². The van der Waals surface area contributed by atoms with E-state index in [4.69, 9.17) is 16.0 Å². The van der Waals surface area contributed by atoms with Crippen molar-refractivity contribution in [3.8, 4) is 22.7 Å². The summed E-state index contributed by atoms with van der Waals surface area (Å²) in [7, 11) is 1.78. The molecule has 5 rings (SSSR count). The van der Waals surface area contributed by atoms with E-state index in [1.807, 2.05) is 48.5 Å². The number of furan rings is 1. The third kappa shape index (κ3) is 4.96. The van der Waals surface area contributed by atoms with Crippen LogP contribution in [-0.4, -0.2) is 43.4 Å². The Balaban J connectivity index is 1.22. The number of amides is 1. The molecule has 33 heavy (non-hydrogen) atoms. The number of benzene rings is 1. The summed E-state index contributed by atoms with van der Waals surface area (Å²) in [5.41, 5.74) is 1.92. The number of halogens is 1. The maximum atomic E-state index is 12.8. The molecule has 0 spiro atoms. The Morgan fingerprint density at radius 1 is 1.09 bits per heavy atom. The van der Waals surface area contributed by atoms with E-state index in [2.05, 4.69) is 19.7 Å². The van der Waals surface area contributed by atoms with Crippen LogP contribution >= 0.6 is 23.4 Å². The molecule has 0 atom stereocenters. The molecule has 1 aliphatic carbocycles. The van der Waals surface area contributed by atoms with Gasteiger partial charge in [0, 0.05) is 41.6 Å². The number of thioether (sulfide) groups is 1. The molecule has 0 radical (unpaired) electrons. The smallest absolute Gasteiger partial charge is 0.233 e. The van der Waals surface area contributed by atoms with Crippen molar-refractivity contribution < 1.29 is 9.21 Å². The average molecular weight is 480 g/mol. The zero-order chi connectivity index (χ0) is 22.8. The summed E-state index contributed by atoms with van der Waals surface area (Å²) in [6.07, 6.45) is 5.71. The molecule has 7 nitrogen and oxygen atoms in total. The molecular weight excluding hydrogens is 458 g/mol. The number of aromatic nitrogens is 4. The van der Waals surface area contributed by atoms with Crippen LogP contribution in [0.1, 0.15) is 24.6 Å². The van der Waals surface area contributed by atoms with Gasteiger partial charge in [0.2, 0.25) is 5.91 Å². The normalized spacial score (nSPS) is 13.3. The summed E-state index contributed by atoms with van der Waals surface area (Å²) in [5, 5.41) is 10.2. The van der Waals surface area contributed by atoms with Crippen molar-refractivity contribution in [2.45, 2.75) is 30.6 Å². The molecule has 1 amide bonds. The number of pyridine rings is 1. The number of hydrogen-bond donors (Lipinski definition) is 0. The van der Waals surface area contributed by atoms with Crippen LogP contribution in [0.2, 0.25) is 5.02 Å². The van der Waals surface area contributed by atoms with Gasteiger partial charge in [0.15, 0.2) is 11.0 Å². The van der Waals surface area contributed by atoms with Gasteiger partial charge < -0.3 is 9.32 Å². The minimum absolute atomic E-state index is 0.000232. The van der Waals surface area contributed by atoms with Crippen molar-refractivity contribution >= 4 is 29.3 Å². The van der Waals surface area contributed by atoms with E-state index in [1.165, 1.54) is 11.8 Å². The lowest BCUT2D eigenvalue weighted by Gasteiger charge is -2.15. The molecule has 4 aromatic rings. The molecule has 1 saturated carbocycles. The fourth-order valence-electron chi connectivity index (χ4n) is 3.53. The lowest BCUT2D eigenvalue weighted by Crippen LogP contribution is -2.27. The number of carbonyl (C=O) groups excluding carboxylic acids is 1. The second kappa shape index (κ2) is 9.41. The standard InChI is InChI=1S/C24H22ClN5O2S/c1-29(14-20-8-9-21(32-20)16-2-4-18(25)5-3-16)22(31)15-33-24-28-27-23(30(24)19-6-7-19)17-10-12-26-13-11-17/h2-5,8-13,19H,6-7,14-15H2,1H3. The van der Waals surface area contributed by atoms with Crippen LogP contribution in [0.25, 0.3) is 22.7 Å². The molecular formula is C24H22ClN5O2S. The Bertz CT molecular complexity index is 1250. The molecule has 0 bridgehead atoms. The highest BCUT2D eigenvalue weighted by atomic mass is 35.5. The van der Waals surface area contributed by atoms with Crippen molar-refractivity contribution in [2.24, 2.45) is 0 Å². The molecule has 1 aromatic carbocycles. The Morgan fingerprint density at radius 3 is 2.58 bits per heavy atom. The fourth-order valence-corrected chi connectivity index (χ4v) is 4.60. The fraction of sp³-hybridized carbons (Fsp3) is 0.250. The van der Waals surface area contributed by atoms with E-state index in [1.54, 1.807) is 24.3 Å². The second-order valence-corrected chi connectivity index (χ2v) is 9.33. The van der Waals surface area contributed by atoms with Crippen LogP contribution in [0.15, 0.2) is 70.5 Å². The third-order valence-corrected chi connectivity index (χ3v) is 6.63. The predicted molar refractivity (Wildman–Crippen MR) is 128 cm³/mol. The topological polar surface area (TPSA) is 77.1 Å². The monoisotopic (exact) mass is 479 g/mol. The first-order chi connectivity index (χ1) is 16.1. The third-order valence-electron chi connectivity index (χ3n) is 5.45. The molecule has 3 aromatic heterocycles. The van der Waals surface area contributed by atoms with E-state index in [9.17, 15) is 4.79 Å². The molecule has 0 unspecified atom stereocenters. The van der Waals surface area contributed by atoms with E-state index in [-0.39, 0.29) is 11.7 Å². The first kappa shape index (κ1) is 21.7. The number of carbonyl (C=O) groups is 1. The quantitative estimate of drug-likeness (QED) is 0.317. The summed E-state index contributed by atoms with van der Waals surface area (Å²) >= 11 is 7.38. The van der Waals surface area contributed by atoms with E-state index in [0.29, 0.717) is 17.6 Å². The van der Waals surface area contributed by atoms with Gasteiger partial charge in [-0.1, -0.05) is 23.4 Å². The van der Waals surface area contributed by atoms with Crippen molar-refractivity contribution in [1.82, 2.24) is 24.6 Å². The lowest BCUT2D eigenvalue weighted by atomic mass is 10.2. The van der Waals surface area contributed by atoms with Gasteiger partial charge in [-0.3, -0.25) is 14.3 Å². The lowest BCUT2D eigenvalue weighted by molar-refractivity contribution is -0.127. The predicted octanol–water partition coefficient (Wildman–Crippen LogP) is 5.34. The Kier molecular flexibility index (Phi) is 6.20. The summed E-state index contributed by atoms with van der Waals surface area (Å²) < 4.78 is 8.08. The summed E-state index contributed by atoms with van der Waals surface area (Å²) in [5.74, 6) is 2.58. The zero-order valence-electron chi connectivity index (χ0n) is 18.0.